The second-order valence-electron chi connectivity index (χ2n) is 5.87. The molecule has 1 atom stereocenters. The zero-order valence-corrected chi connectivity index (χ0v) is 14.0. The lowest BCUT2D eigenvalue weighted by molar-refractivity contribution is -0.125. The van der Waals surface area contributed by atoms with E-state index in [0.29, 0.717) is 0 Å². The van der Waals surface area contributed by atoms with Gasteiger partial charge in [0.15, 0.2) is 0 Å². The number of piperidine rings is 2. The summed E-state index contributed by atoms with van der Waals surface area (Å²) in [6, 6.07) is 0. The Kier molecular flexibility index (Phi) is 10.6. The van der Waals surface area contributed by atoms with E-state index in [1.165, 1.54) is 25.9 Å². The van der Waals surface area contributed by atoms with Crippen molar-refractivity contribution < 1.29 is 4.79 Å². The largest absolute Gasteiger partial charge is 0.356 e. The molecule has 2 fully saturated rings. The van der Waals surface area contributed by atoms with E-state index in [1.807, 2.05) is 0 Å². The number of nitrogens with one attached hydrogen (secondary N) is 2. The fourth-order valence-corrected chi connectivity index (χ4v) is 2.97. The Labute approximate surface area is 135 Å². The molecule has 0 aromatic rings. The first kappa shape index (κ1) is 20.0. The van der Waals surface area contributed by atoms with Gasteiger partial charge in [-0.05, 0) is 64.7 Å². The lowest BCUT2D eigenvalue weighted by Gasteiger charge is -2.29. The SMILES string of the molecule is CN1CCC(CCNC(=O)C2CCCNC2)CC1.Cl.Cl. The van der Waals surface area contributed by atoms with Crippen LogP contribution in [0.3, 0.4) is 0 Å². The molecule has 2 N–H and O–H groups in total. The first-order valence-electron chi connectivity index (χ1n) is 7.42. The summed E-state index contributed by atoms with van der Waals surface area (Å²) in [6.45, 7) is 5.22. The van der Waals surface area contributed by atoms with Crippen LogP contribution in [0.5, 0.6) is 0 Å². The third kappa shape index (κ3) is 6.61. The summed E-state index contributed by atoms with van der Waals surface area (Å²) in [5.74, 6) is 1.28. The maximum Gasteiger partial charge on any atom is 0.224 e. The number of hydrogen-bond donors (Lipinski definition) is 2. The van der Waals surface area contributed by atoms with Crippen LogP contribution in [0.4, 0.5) is 0 Å². The van der Waals surface area contributed by atoms with Gasteiger partial charge in [-0.2, -0.15) is 0 Å². The Morgan fingerprint density at radius 2 is 1.95 bits per heavy atom. The highest BCUT2D eigenvalue weighted by molar-refractivity contribution is 5.85. The quantitative estimate of drug-likeness (QED) is 0.826. The molecule has 2 rings (SSSR count). The van der Waals surface area contributed by atoms with Crippen molar-refractivity contribution in [1.82, 2.24) is 15.5 Å². The van der Waals surface area contributed by atoms with Crippen molar-refractivity contribution in [3.8, 4) is 0 Å². The highest BCUT2D eigenvalue weighted by atomic mass is 35.5. The smallest absolute Gasteiger partial charge is 0.224 e. The van der Waals surface area contributed by atoms with Gasteiger partial charge < -0.3 is 15.5 Å². The van der Waals surface area contributed by atoms with E-state index in [1.54, 1.807) is 0 Å². The molecule has 2 aliphatic rings. The number of likely N-dealkylation sites (tertiary alicyclic amines) is 1. The van der Waals surface area contributed by atoms with Gasteiger partial charge in [-0.25, -0.2) is 0 Å². The van der Waals surface area contributed by atoms with E-state index >= 15 is 0 Å². The molecule has 20 heavy (non-hydrogen) atoms. The Balaban J connectivity index is 0.00000180. The molecule has 2 aliphatic heterocycles. The highest BCUT2D eigenvalue weighted by Gasteiger charge is 2.21. The number of nitrogens with zero attached hydrogens (tertiary/aromatic N) is 1. The third-order valence-electron chi connectivity index (χ3n) is 4.36. The zero-order valence-electron chi connectivity index (χ0n) is 12.4. The Morgan fingerprint density at radius 3 is 2.55 bits per heavy atom. The Hall–Kier alpha value is -0.0300. The number of carbonyl (C=O) groups excluding carboxylic acids is 1. The molecule has 1 unspecified atom stereocenters. The predicted molar refractivity (Wildman–Crippen MR) is 87.9 cm³/mol. The monoisotopic (exact) mass is 325 g/mol. The molecule has 0 spiro atoms. The summed E-state index contributed by atoms with van der Waals surface area (Å²) in [5.41, 5.74) is 0. The molecule has 0 radical (unpaired) electrons. The summed E-state index contributed by atoms with van der Waals surface area (Å²) in [4.78, 5) is 14.3. The van der Waals surface area contributed by atoms with Gasteiger partial charge in [-0.1, -0.05) is 0 Å². The Bertz CT molecular complexity index is 265. The molecule has 4 nitrogen and oxygen atoms in total. The van der Waals surface area contributed by atoms with Crippen LogP contribution in [0.1, 0.15) is 32.1 Å². The van der Waals surface area contributed by atoms with Crippen molar-refractivity contribution in [2.45, 2.75) is 32.1 Å². The fourth-order valence-electron chi connectivity index (χ4n) is 2.97. The first-order chi connectivity index (χ1) is 8.75. The summed E-state index contributed by atoms with van der Waals surface area (Å²) in [6.07, 6.45) is 5.91. The van der Waals surface area contributed by atoms with Gasteiger partial charge in [-0.3, -0.25) is 4.79 Å². The van der Waals surface area contributed by atoms with Crippen LogP contribution in [0, 0.1) is 11.8 Å². The third-order valence-corrected chi connectivity index (χ3v) is 4.36. The maximum atomic E-state index is 11.9. The molecular weight excluding hydrogens is 297 g/mol. The lowest BCUT2D eigenvalue weighted by atomic mass is 9.93. The first-order valence-corrected chi connectivity index (χ1v) is 7.42. The minimum Gasteiger partial charge on any atom is -0.356 e. The van der Waals surface area contributed by atoms with Gasteiger partial charge in [0.1, 0.15) is 0 Å². The van der Waals surface area contributed by atoms with Crippen molar-refractivity contribution in [2.75, 3.05) is 39.8 Å². The van der Waals surface area contributed by atoms with Crippen LogP contribution in [0.25, 0.3) is 0 Å². The second-order valence-corrected chi connectivity index (χ2v) is 5.87. The van der Waals surface area contributed by atoms with Crippen LogP contribution in [0.15, 0.2) is 0 Å². The van der Waals surface area contributed by atoms with Crippen molar-refractivity contribution in [3.63, 3.8) is 0 Å². The molecule has 1 amide bonds. The topological polar surface area (TPSA) is 44.4 Å². The van der Waals surface area contributed by atoms with Gasteiger partial charge in [0.05, 0.1) is 5.92 Å². The van der Waals surface area contributed by atoms with Crippen molar-refractivity contribution in [2.24, 2.45) is 11.8 Å². The van der Waals surface area contributed by atoms with Crippen molar-refractivity contribution in [1.29, 1.82) is 0 Å². The van der Waals surface area contributed by atoms with Crippen molar-refractivity contribution in [3.05, 3.63) is 0 Å². The molecule has 0 saturated carbocycles. The molecule has 6 heteroatoms. The normalized spacial score (nSPS) is 24.4. The van der Waals surface area contributed by atoms with E-state index in [0.717, 1.165) is 44.8 Å². The molecule has 0 aromatic carbocycles. The average Bonchev–Trinajstić information content (AvgIpc) is 2.42. The molecule has 2 heterocycles. The van der Waals surface area contributed by atoms with Gasteiger partial charge in [-0.15, -0.1) is 24.8 Å². The van der Waals surface area contributed by atoms with Crippen LogP contribution in [0.2, 0.25) is 0 Å². The minimum atomic E-state index is 0. The summed E-state index contributed by atoms with van der Waals surface area (Å²) < 4.78 is 0. The molecule has 0 bridgehead atoms. The average molecular weight is 326 g/mol. The Morgan fingerprint density at radius 1 is 1.25 bits per heavy atom. The second kappa shape index (κ2) is 10.7. The highest BCUT2D eigenvalue weighted by Crippen LogP contribution is 2.18. The van der Waals surface area contributed by atoms with E-state index in [-0.39, 0.29) is 36.6 Å². The maximum absolute atomic E-state index is 11.9. The van der Waals surface area contributed by atoms with E-state index in [9.17, 15) is 4.79 Å². The van der Waals surface area contributed by atoms with Gasteiger partial charge in [0.25, 0.3) is 0 Å². The predicted octanol–water partition coefficient (Wildman–Crippen LogP) is 1.68. The summed E-state index contributed by atoms with van der Waals surface area (Å²) in [7, 11) is 2.19. The van der Waals surface area contributed by atoms with Crippen molar-refractivity contribution >= 4 is 30.7 Å². The molecule has 0 aromatic heterocycles. The minimum absolute atomic E-state index is 0. The molecular formula is C14H29Cl2N3O. The summed E-state index contributed by atoms with van der Waals surface area (Å²) in [5, 5.41) is 6.41. The number of carbonyl (C=O) groups is 1. The van der Waals surface area contributed by atoms with Crippen LogP contribution < -0.4 is 10.6 Å². The van der Waals surface area contributed by atoms with Gasteiger partial charge in [0.2, 0.25) is 5.91 Å². The van der Waals surface area contributed by atoms with Crippen LogP contribution in [-0.2, 0) is 4.79 Å². The van der Waals surface area contributed by atoms with Gasteiger partial charge >= 0.3 is 0 Å². The molecule has 120 valence electrons. The van der Waals surface area contributed by atoms with E-state index in [2.05, 4.69) is 22.6 Å². The van der Waals surface area contributed by atoms with Gasteiger partial charge in [0, 0.05) is 13.1 Å². The fraction of sp³-hybridized carbons (Fsp3) is 0.929. The van der Waals surface area contributed by atoms with E-state index in [4.69, 9.17) is 0 Å². The molecule has 2 saturated heterocycles. The number of hydrogen-bond acceptors (Lipinski definition) is 3. The number of rotatable bonds is 4. The van der Waals surface area contributed by atoms with Crippen LogP contribution >= 0.6 is 24.8 Å². The molecule has 0 aliphatic carbocycles. The van der Waals surface area contributed by atoms with Crippen LogP contribution in [-0.4, -0.2) is 50.6 Å². The zero-order chi connectivity index (χ0) is 12.8. The number of halogens is 2. The lowest BCUT2D eigenvalue weighted by Crippen LogP contribution is -2.41. The summed E-state index contributed by atoms with van der Waals surface area (Å²) >= 11 is 0. The number of amides is 1. The standard InChI is InChI=1S/C14H27N3O.2ClH/c1-17-9-5-12(6-10-17)4-8-16-14(18)13-3-2-7-15-11-13;;/h12-13,15H,2-11H2,1H3,(H,16,18);2*1H. The van der Waals surface area contributed by atoms with E-state index < -0.39 is 0 Å².